The number of nitrogens with zero attached hydrogens (tertiary/aromatic N) is 3. The highest BCUT2D eigenvalue weighted by molar-refractivity contribution is 6.36. The third-order valence-corrected chi connectivity index (χ3v) is 4.11. The Hall–Kier alpha value is -2.78. The molecule has 0 spiro atoms. The molecule has 1 aromatic carbocycles. The molecule has 2 aromatic heterocycles. The summed E-state index contributed by atoms with van der Waals surface area (Å²) in [5, 5.41) is 18.8. The number of rotatable bonds is 4. The third-order valence-electron chi connectivity index (χ3n) is 3.51. The van der Waals surface area contributed by atoms with Crippen molar-refractivity contribution < 1.29 is 19.1 Å². The van der Waals surface area contributed by atoms with Gasteiger partial charge in [0.2, 0.25) is 5.89 Å². The monoisotopic (exact) mass is 456 g/mol. The number of benzene rings is 1. The summed E-state index contributed by atoms with van der Waals surface area (Å²) in [6.07, 6.45) is 1.33. The van der Waals surface area contributed by atoms with Gasteiger partial charge >= 0.3 is 11.7 Å². The van der Waals surface area contributed by atoms with Crippen LogP contribution in [0.15, 0.2) is 33.6 Å². The average Bonchev–Trinajstić information content (AvgIpc) is 3.27. The number of ether oxygens (including phenoxy) is 1. The lowest BCUT2D eigenvalue weighted by molar-refractivity contribution is 0.0690. The number of carboxylic acid groups (broad SMARTS) is 1. The summed E-state index contributed by atoms with van der Waals surface area (Å²) < 4.78 is 11.9. The molecule has 0 saturated carbocycles. The van der Waals surface area contributed by atoms with Gasteiger partial charge in [0.05, 0.1) is 21.8 Å². The van der Waals surface area contributed by atoms with Gasteiger partial charge in [0.1, 0.15) is 11.4 Å². The van der Waals surface area contributed by atoms with E-state index in [2.05, 4.69) is 15.3 Å². The first-order valence-electron chi connectivity index (χ1n) is 8.89. The van der Waals surface area contributed by atoms with Crippen molar-refractivity contribution >= 4 is 29.2 Å². The molecule has 30 heavy (non-hydrogen) atoms. The van der Waals surface area contributed by atoms with Crippen LogP contribution in [0.2, 0.25) is 10.0 Å². The number of aromatic carboxylic acids is 1. The van der Waals surface area contributed by atoms with Gasteiger partial charge in [0.25, 0.3) is 0 Å². The first-order valence-corrected chi connectivity index (χ1v) is 9.65. The van der Waals surface area contributed by atoms with Crippen molar-refractivity contribution in [1.29, 1.82) is 0 Å². The molecule has 162 valence electrons. The van der Waals surface area contributed by atoms with Crippen molar-refractivity contribution in [1.82, 2.24) is 20.0 Å². The third kappa shape index (κ3) is 5.87. The maximum Gasteiger partial charge on any atom is 0.442 e. The summed E-state index contributed by atoms with van der Waals surface area (Å²) in [4.78, 5) is 22.0. The van der Waals surface area contributed by atoms with Gasteiger partial charge in [-0.05, 0) is 26.0 Å². The maximum atomic E-state index is 12.1. The fourth-order valence-corrected chi connectivity index (χ4v) is 2.64. The molecule has 9 nitrogen and oxygen atoms in total. The van der Waals surface area contributed by atoms with Crippen LogP contribution in [-0.2, 0) is 5.41 Å². The standard InChI is InChI=1S/C15H18Cl2N2O3.C4H4N2O2/c1-8(2)21-12-7-11(9(16)6-10(12)17)19-14(20)22-13(18-19)15(3,4)5;7-4(8)3-1-2-5-6-3/h6-8H,1-5H3;1-2H,(H,5,6)(H,7,8). The van der Waals surface area contributed by atoms with Crippen molar-refractivity contribution in [3.05, 3.63) is 56.6 Å². The molecule has 0 aliphatic rings. The molecule has 0 atom stereocenters. The number of aromatic amines is 1. The van der Waals surface area contributed by atoms with E-state index in [1.165, 1.54) is 18.3 Å². The number of carboxylic acids is 1. The lowest BCUT2D eigenvalue weighted by atomic mass is 9.97. The predicted molar refractivity (Wildman–Crippen MR) is 112 cm³/mol. The van der Waals surface area contributed by atoms with Gasteiger partial charge in [-0.1, -0.05) is 44.0 Å². The van der Waals surface area contributed by atoms with Crippen LogP contribution in [0.4, 0.5) is 0 Å². The van der Waals surface area contributed by atoms with Crippen LogP contribution < -0.4 is 10.5 Å². The molecule has 0 bridgehead atoms. The van der Waals surface area contributed by atoms with Crippen LogP contribution >= 0.6 is 23.2 Å². The number of hydrogen-bond donors (Lipinski definition) is 2. The van der Waals surface area contributed by atoms with Crippen LogP contribution in [-0.4, -0.2) is 37.2 Å². The molecule has 2 heterocycles. The Morgan fingerprint density at radius 3 is 2.37 bits per heavy atom. The Kier molecular flexibility index (Phi) is 7.33. The Labute approximate surface area is 182 Å². The van der Waals surface area contributed by atoms with Gasteiger partial charge in [0, 0.05) is 17.7 Å². The quantitative estimate of drug-likeness (QED) is 0.598. The molecule has 11 heteroatoms. The number of nitrogens with one attached hydrogen (secondary N) is 1. The van der Waals surface area contributed by atoms with Crippen LogP contribution in [0.5, 0.6) is 5.75 Å². The SMILES string of the molecule is CC(C)Oc1cc(-n2nc(C(C)(C)C)oc2=O)c(Cl)cc1Cl.O=C(O)c1ccn[nH]1. The lowest BCUT2D eigenvalue weighted by Crippen LogP contribution is -2.15. The summed E-state index contributed by atoms with van der Waals surface area (Å²) in [6.45, 7) is 9.47. The minimum atomic E-state index is -0.984. The van der Waals surface area contributed by atoms with Crippen molar-refractivity contribution in [3.63, 3.8) is 0 Å². The summed E-state index contributed by atoms with van der Waals surface area (Å²) >= 11 is 12.3. The van der Waals surface area contributed by atoms with E-state index >= 15 is 0 Å². The van der Waals surface area contributed by atoms with Gasteiger partial charge in [0.15, 0.2) is 0 Å². The van der Waals surface area contributed by atoms with Gasteiger partial charge in [-0.3, -0.25) is 5.10 Å². The highest BCUT2D eigenvalue weighted by Gasteiger charge is 2.24. The molecule has 3 aromatic rings. The fourth-order valence-electron chi connectivity index (χ4n) is 2.13. The van der Waals surface area contributed by atoms with E-state index in [0.29, 0.717) is 22.4 Å². The zero-order chi connectivity index (χ0) is 22.6. The van der Waals surface area contributed by atoms with Crippen LogP contribution in [0, 0.1) is 0 Å². The number of hydrogen-bond acceptors (Lipinski definition) is 6. The Balaban J connectivity index is 0.000000335. The second-order valence-corrected chi connectivity index (χ2v) is 8.33. The van der Waals surface area contributed by atoms with E-state index in [4.69, 9.17) is 37.5 Å². The molecule has 0 amide bonds. The fraction of sp³-hybridized carbons (Fsp3) is 0.368. The second-order valence-electron chi connectivity index (χ2n) is 7.51. The highest BCUT2D eigenvalue weighted by Crippen LogP contribution is 2.33. The summed E-state index contributed by atoms with van der Waals surface area (Å²) in [5.74, 6) is -0.828. The molecule has 0 aliphatic carbocycles. The van der Waals surface area contributed by atoms with E-state index in [-0.39, 0.29) is 22.2 Å². The number of halogens is 2. The smallest absolute Gasteiger partial charge is 0.442 e. The van der Waals surface area contributed by atoms with Crippen molar-refractivity contribution in [3.8, 4) is 11.4 Å². The summed E-state index contributed by atoms with van der Waals surface area (Å²) in [5.41, 5.74) is 0.0941. The molecular formula is C19H22Cl2N4O5. The number of carbonyl (C=O) groups is 1. The number of H-pyrrole nitrogens is 1. The van der Waals surface area contributed by atoms with E-state index in [9.17, 15) is 9.59 Å². The van der Waals surface area contributed by atoms with E-state index in [1.807, 2.05) is 34.6 Å². The molecule has 0 radical (unpaired) electrons. The normalized spacial score (nSPS) is 11.2. The Morgan fingerprint density at radius 2 is 1.93 bits per heavy atom. The average molecular weight is 457 g/mol. The van der Waals surface area contributed by atoms with E-state index in [0.717, 1.165) is 4.68 Å². The van der Waals surface area contributed by atoms with E-state index < -0.39 is 11.7 Å². The second kappa shape index (κ2) is 9.36. The molecule has 0 unspecified atom stereocenters. The predicted octanol–water partition coefficient (Wildman–Crippen LogP) is 4.32. The summed E-state index contributed by atoms with van der Waals surface area (Å²) in [6, 6.07) is 4.50. The highest BCUT2D eigenvalue weighted by atomic mass is 35.5. The molecule has 0 saturated heterocycles. The minimum Gasteiger partial charge on any atom is -0.489 e. The van der Waals surface area contributed by atoms with Gasteiger partial charge in [-0.15, -0.1) is 5.10 Å². The largest absolute Gasteiger partial charge is 0.489 e. The van der Waals surface area contributed by atoms with Crippen molar-refractivity contribution in [2.45, 2.75) is 46.1 Å². The molecular weight excluding hydrogens is 435 g/mol. The van der Waals surface area contributed by atoms with E-state index in [1.54, 1.807) is 6.07 Å². The Bertz CT molecular complexity index is 1070. The van der Waals surface area contributed by atoms with Gasteiger partial charge in [-0.2, -0.15) is 9.78 Å². The van der Waals surface area contributed by atoms with Crippen LogP contribution in [0.25, 0.3) is 5.69 Å². The number of aromatic nitrogens is 4. The van der Waals surface area contributed by atoms with Crippen LogP contribution in [0.1, 0.15) is 51.0 Å². The zero-order valence-electron chi connectivity index (χ0n) is 17.1. The zero-order valence-corrected chi connectivity index (χ0v) is 18.6. The maximum absolute atomic E-state index is 12.1. The molecule has 2 N–H and O–H groups in total. The molecule has 0 fully saturated rings. The summed E-state index contributed by atoms with van der Waals surface area (Å²) in [7, 11) is 0. The first kappa shape index (κ1) is 23.5. The van der Waals surface area contributed by atoms with Crippen molar-refractivity contribution in [2.75, 3.05) is 0 Å². The topological polar surface area (TPSA) is 123 Å². The molecule has 0 aliphatic heterocycles. The first-order chi connectivity index (χ1) is 13.9. The van der Waals surface area contributed by atoms with Gasteiger partial charge < -0.3 is 14.3 Å². The lowest BCUT2D eigenvalue weighted by Gasteiger charge is -2.13. The van der Waals surface area contributed by atoms with Crippen molar-refractivity contribution in [2.24, 2.45) is 0 Å². The Morgan fingerprint density at radius 1 is 1.27 bits per heavy atom. The minimum absolute atomic E-state index is 0.0642. The van der Waals surface area contributed by atoms with Gasteiger partial charge in [-0.25, -0.2) is 9.59 Å². The van der Waals surface area contributed by atoms with Crippen LogP contribution in [0.3, 0.4) is 0 Å². The molecule has 3 rings (SSSR count).